The lowest BCUT2D eigenvalue weighted by atomic mass is 10.3. The molecule has 0 aliphatic rings. The molecule has 5 nitrogen and oxygen atoms in total. The van der Waals surface area contributed by atoms with Crippen LogP contribution in [0.4, 0.5) is 11.5 Å². The predicted octanol–water partition coefficient (Wildman–Crippen LogP) is 1.66. The molecule has 0 spiro atoms. The smallest absolute Gasteiger partial charge is 0.151 e. The van der Waals surface area contributed by atoms with Crippen LogP contribution in [0.15, 0.2) is 24.5 Å². The van der Waals surface area contributed by atoms with Crippen LogP contribution in [0.25, 0.3) is 0 Å². The highest BCUT2D eigenvalue weighted by Gasteiger charge is 2.02. The molecule has 0 amide bonds. The monoisotopic (exact) mass is 237 g/mol. The molecule has 0 atom stereocenters. The Morgan fingerprint density at radius 2 is 2.31 bits per heavy atom. The van der Waals surface area contributed by atoms with Crippen molar-refractivity contribution in [3.8, 4) is 0 Å². The van der Waals surface area contributed by atoms with Gasteiger partial charge in [0.2, 0.25) is 0 Å². The number of hydrogen-bond acceptors (Lipinski definition) is 4. The van der Waals surface area contributed by atoms with E-state index in [0.717, 1.165) is 5.56 Å². The SMILES string of the molecule is Cn1cc(CNc2nc(Cl)ccc2N)cn1. The largest absolute Gasteiger partial charge is 0.396 e. The Kier molecular flexibility index (Phi) is 2.96. The van der Waals surface area contributed by atoms with E-state index >= 15 is 0 Å². The number of halogens is 1. The topological polar surface area (TPSA) is 68.8 Å². The number of nitrogen functional groups attached to an aromatic ring is 1. The van der Waals surface area contributed by atoms with Gasteiger partial charge in [-0.25, -0.2) is 4.98 Å². The van der Waals surface area contributed by atoms with Crippen LogP contribution in [0.5, 0.6) is 0 Å². The number of nitrogens with zero attached hydrogens (tertiary/aromatic N) is 3. The average molecular weight is 238 g/mol. The van der Waals surface area contributed by atoms with Crippen molar-refractivity contribution in [3.05, 3.63) is 35.2 Å². The number of rotatable bonds is 3. The summed E-state index contributed by atoms with van der Waals surface area (Å²) in [5.74, 6) is 0.594. The molecule has 3 N–H and O–H groups in total. The summed E-state index contributed by atoms with van der Waals surface area (Å²) in [5.41, 5.74) is 7.39. The van der Waals surface area contributed by atoms with Gasteiger partial charge in [-0.1, -0.05) is 11.6 Å². The Balaban J connectivity index is 2.07. The number of anilines is 2. The maximum atomic E-state index is 5.78. The molecule has 2 rings (SSSR count). The number of nitrogens with two attached hydrogens (primary N) is 1. The van der Waals surface area contributed by atoms with Gasteiger partial charge in [0.25, 0.3) is 0 Å². The highest BCUT2D eigenvalue weighted by atomic mass is 35.5. The van der Waals surface area contributed by atoms with Crippen molar-refractivity contribution in [2.45, 2.75) is 6.54 Å². The van der Waals surface area contributed by atoms with E-state index in [9.17, 15) is 0 Å². The lowest BCUT2D eigenvalue weighted by Gasteiger charge is -2.06. The second kappa shape index (κ2) is 4.40. The average Bonchev–Trinajstić information content (AvgIpc) is 2.66. The molecule has 0 radical (unpaired) electrons. The van der Waals surface area contributed by atoms with Crippen molar-refractivity contribution < 1.29 is 0 Å². The molecule has 0 fully saturated rings. The highest BCUT2D eigenvalue weighted by molar-refractivity contribution is 6.29. The molecule has 0 saturated heterocycles. The number of hydrogen-bond donors (Lipinski definition) is 2. The van der Waals surface area contributed by atoms with Gasteiger partial charge in [0.15, 0.2) is 5.82 Å². The molecule has 6 heteroatoms. The summed E-state index contributed by atoms with van der Waals surface area (Å²) >= 11 is 5.78. The minimum atomic E-state index is 0.419. The fourth-order valence-corrected chi connectivity index (χ4v) is 1.48. The van der Waals surface area contributed by atoms with Crippen LogP contribution in [0.3, 0.4) is 0 Å². The number of aromatic nitrogens is 3. The number of nitrogens with one attached hydrogen (secondary N) is 1. The molecule has 0 unspecified atom stereocenters. The van der Waals surface area contributed by atoms with Gasteiger partial charge in [-0.2, -0.15) is 5.10 Å². The van der Waals surface area contributed by atoms with Gasteiger partial charge >= 0.3 is 0 Å². The summed E-state index contributed by atoms with van der Waals surface area (Å²) in [7, 11) is 1.87. The molecule has 0 aliphatic carbocycles. The van der Waals surface area contributed by atoms with Crippen molar-refractivity contribution in [2.75, 3.05) is 11.1 Å². The third-order valence-corrected chi connectivity index (χ3v) is 2.32. The quantitative estimate of drug-likeness (QED) is 0.797. The minimum Gasteiger partial charge on any atom is -0.396 e. The minimum absolute atomic E-state index is 0.419. The molecule has 2 aromatic rings. The maximum Gasteiger partial charge on any atom is 0.151 e. The first kappa shape index (κ1) is 10.8. The van der Waals surface area contributed by atoms with E-state index in [2.05, 4.69) is 15.4 Å². The van der Waals surface area contributed by atoms with Crippen LogP contribution in [-0.4, -0.2) is 14.8 Å². The molecule has 0 bridgehead atoms. The van der Waals surface area contributed by atoms with Crippen LogP contribution >= 0.6 is 11.6 Å². The van der Waals surface area contributed by atoms with Gasteiger partial charge in [-0.3, -0.25) is 4.68 Å². The van der Waals surface area contributed by atoms with Crippen LogP contribution in [0.2, 0.25) is 5.15 Å². The summed E-state index contributed by atoms with van der Waals surface area (Å²) in [6, 6.07) is 3.38. The van der Waals surface area contributed by atoms with Crippen molar-refractivity contribution in [1.82, 2.24) is 14.8 Å². The van der Waals surface area contributed by atoms with Crippen molar-refractivity contribution in [1.29, 1.82) is 0 Å². The lowest BCUT2D eigenvalue weighted by molar-refractivity contribution is 0.767. The summed E-state index contributed by atoms with van der Waals surface area (Å²) in [6.45, 7) is 0.616. The van der Waals surface area contributed by atoms with E-state index in [1.807, 2.05) is 13.2 Å². The van der Waals surface area contributed by atoms with Crippen LogP contribution < -0.4 is 11.1 Å². The first-order valence-electron chi connectivity index (χ1n) is 4.78. The first-order valence-corrected chi connectivity index (χ1v) is 5.16. The zero-order chi connectivity index (χ0) is 11.5. The zero-order valence-corrected chi connectivity index (χ0v) is 9.57. The standard InChI is InChI=1S/C10H12ClN5/c1-16-6-7(5-14-16)4-13-10-8(12)2-3-9(11)15-10/h2-3,5-6H,4,12H2,1H3,(H,13,15). The molecule has 84 valence electrons. The molecule has 0 aliphatic heterocycles. The fourth-order valence-electron chi connectivity index (χ4n) is 1.34. The van der Waals surface area contributed by atoms with E-state index in [1.165, 1.54) is 0 Å². The third kappa shape index (κ3) is 2.43. The van der Waals surface area contributed by atoms with E-state index in [4.69, 9.17) is 17.3 Å². The zero-order valence-electron chi connectivity index (χ0n) is 8.81. The van der Waals surface area contributed by atoms with E-state index < -0.39 is 0 Å². The second-order valence-corrected chi connectivity index (χ2v) is 3.83. The molecule has 2 aromatic heterocycles. The molecular formula is C10H12ClN5. The summed E-state index contributed by atoms with van der Waals surface area (Å²) < 4.78 is 1.74. The summed E-state index contributed by atoms with van der Waals surface area (Å²) in [4.78, 5) is 4.10. The van der Waals surface area contributed by atoms with E-state index in [0.29, 0.717) is 23.2 Å². The van der Waals surface area contributed by atoms with Gasteiger partial charge in [-0.05, 0) is 12.1 Å². The highest BCUT2D eigenvalue weighted by Crippen LogP contribution is 2.18. The van der Waals surface area contributed by atoms with Gasteiger partial charge < -0.3 is 11.1 Å². The Labute approximate surface area is 98.2 Å². The second-order valence-electron chi connectivity index (χ2n) is 3.45. The van der Waals surface area contributed by atoms with Crippen molar-refractivity contribution >= 4 is 23.1 Å². The first-order chi connectivity index (χ1) is 7.65. The molecule has 2 heterocycles. The van der Waals surface area contributed by atoms with Crippen molar-refractivity contribution in [3.63, 3.8) is 0 Å². The number of pyridine rings is 1. The van der Waals surface area contributed by atoms with Crippen LogP contribution in [0.1, 0.15) is 5.56 Å². The van der Waals surface area contributed by atoms with Crippen LogP contribution in [0, 0.1) is 0 Å². The van der Waals surface area contributed by atoms with Gasteiger partial charge in [0.05, 0.1) is 11.9 Å². The van der Waals surface area contributed by atoms with Crippen LogP contribution in [-0.2, 0) is 13.6 Å². The summed E-state index contributed by atoms with van der Waals surface area (Å²) in [6.07, 6.45) is 3.71. The summed E-state index contributed by atoms with van der Waals surface area (Å²) in [5, 5.41) is 7.60. The van der Waals surface area contributed by atoms with Gasteiger partial charge in [0.1, 0.15) is 5.15 Å². The van der Waals surface area contributed by atoms with E-state index in [1.54, 1.807) is 23.0 Å². The van der Waals surface area contributed by atoms with Gasteiger partial charge in [-0.15, -0.1) is 0 Å². The van der Waals surface area contributed by atoms with Crippen molar-refractivity contribution in [2.24, 2.45) is 7.05 Å². The predicted molar refractivity (Wildman–Crippen MR) is 64.2 cm³/mol. The maximum absolute atomic E-state index is 5.78. The Morgan fingerprint density at radius 3 is 3.00 bits per heavy atom. The molecule has 0 aromatic carbocycles. The normalized spacial score (nSPS) is 10.4. The Hall–Kier alpha value is -1.75. The molecule has 16 heavy (non-hydrogen) atoms. The van der Waals surface area contributed by atoms with Gasteiger partial charge in [0, 0.05) is 25.4 Å². The molecule has 0 saturated carbocycles. The molecular weight excluding hydrogens is 226 g/mol. The lowest BCUT2D eigenvalue weighted by Crippen LogP contribution is -2.04. The number of aryl methyl sites for hydroxylation is 1. The van der Waals surface area contributed by atoms with E-state index in [-0.39, 0.29) is 0 Å². The fraction of sp³-hybridized carbons (Fsp3) is 0.200. The Bertz CT molecular complexity index is 494. The third-order valence-electron chi connectivity index (χ3n) is 2.11. The Morgan fingerprint density at radius 1 is 1.50 bits per heavy atom.